The molecule has 1 aliphatic rings. The van der Waals surface area contributed by atoms with Gasteiger partial charge in [-0.2, -0.15) is 0 Å². The van der Waals surface area contributed by atoms with Crippen LogP contribution >= 0.6 is 0 Å². The number of aliphatic hydroxyl groups excluding tert-OH is 1. The highest BCUT2D eigenvalue weighted by Gasteiger charge is 2.23. The van der Waals surface area contributed by atoms with Crippen molar-refractivity contribution >= 4 is 5.97 Å². The van der Waals surface area contributed by atoms with Crippen molar-refractivity contribution in [3.63, 3.8) is 0 Å². The predicted octanol–water partition coefficient (Wildman–Crippen LogP) is 1.86. The van der Waals surface area contributed by atoms with E-state index in [1.165, 1.54) is 25.3 Å². The summed E-state index contributed by atoms with van der Waals surface area (Å²) >= 11 is 0. The molecular weight excluding hydrogens is 248 g/mol. The minimum absolute atomic E-state index is 0.0140. The van der Waals surface area contributed by atoms with Crippen molar-refractivity contribution in [1.82, 2.24) is 0 Å². The number of esters is 1. The highest BCUT2D eigenvalue weighted by Crippen LogP contribution is 2.27. The zero-order valence-corrected chi connectivity index (χ0v) is 10.8. The third-order valence-electron chi connectivity index (χ3n) is 3.33. The predicted molar refractivity (Wildman–Crippen MR) is 68.3 cm³/mol. The molecule has 19 heavy (non-hydrogen) atoms. The number of ether oxygens (including phenoxy) is 2. The first kappa shape index (κ1) is 13.7. The Morgan fingerprint density at radius 3 is 2.58 bits per heavy atom. The van der Waals surface area contributed by atoms with Crippen LogP contribution in [0, 0.1) is 0 Å². The topological polar surface area (TPSA) is 76.0 Å². The van der Waals surface area contributed by atoms with Crippen LogP contribution in [0.1, 0.15) is 36.0 Å². The first-order valence-corrected chi connectivity index (χ1v) is 6.36. The van der Waals surface area contributed by atoms with Crippen molar-refractivity contribution in [2.24, 2.45) is 0 Å². The van der Waals surface area contributed by atoms with Crippen molar-refractivity contribution < 1.29 is 24.5 Å². The molecule has 0 atom stereocenters. The number of benzene rings is 1. The fourth-order valence-electron chi connectivity index (χ4n) is 2.19. The summed E-state index contributed by atoms with van der Waals surface area (Å²) in [6.45, 7) is 0. The molecule has 0 aliphatic heterocycles. The van der Waals surface area contributed by atoms with Crippen molar-refractivity contribution in [1.29, 1.82) is 0 Å². The van der Waals surface area contributed by atoms with Gasteiger partial charge < -0.3 is 19.7 Å². The highest BCUT2D eigenvalue weighted by atomic mass is 16.5. The van der Waals surface area contributed by atoms with Gasteiger partial charge in [0.25, 0.3) is 0 Å². The monoisotopic (exact) mass is 266 g/mol. The average Bonchev–Trinajstić information content (AvgIpc) is 2.42. The average molecular weight is 266 g/mol. The molecule has 5 heteroatoms. The van der Waals surface area contributed by atoms with Gasteiger partial charge in [-0.1, -0.05) is 0 Å². The lowest BCUT2D eigenvalue weighted by molar-refractivity contribution is 0.00457. The number of methoxy groups -OCH3 is 1. The fraction of sp³-hybridized carbons (Fsp3) is 0.500. The molecule has 1 saturated carbocycles. The van der Waals surface area contributed by atoms with Crippen molar-refractivity contribution in [3.8, 4) is 11.5 Å². The van der Waals surface area contributed by atoms with Gasteiger partial charge in [0, 0.05) is 0 Å². The minimum atomic E-state index is -0.431. The van der Waals surface area contributed by atoms with Gasteiger partial charge in [0.05, 0.1) is 18.8 Å². The molecule has 104 valence electrons. The van der Waals surface area contributed by atoms with Gasteiger partial charge in [0.15, 0.2) is 11.5 Å². The third-order valence-corrected chi connectivity index (χ3v) is 3.33. The molecule has 1 aliphatic carbocycles. The summed E-state index contributed by atoms with van der Waals surface area (Å²) in [5.74, 6) is -0.201. The Kier molecular flexibility index (Phi) is 4.27. The quantitative estimate of drug-likeness (QED) is 0.817. The molecule has 0 spiro atoms. The standard InChI is InChI=1S/C14H18O5/c1-18-13-8-9(2-7-12(13)16)14(17)19-11-5-3-10(15)4-6-11/h2,7-8,10-11,15-16H,3-6H2,1H3. The summed E-state index contributed by atoms with van der Waals surface area (Å²) in [4.78, 5) is 12.0. The van der Waals surface area contributed by atoms with Crippen molar-refractivity contribution in [2.75, 3.05) is 7.11 Å². The summed E-state index contributed by atoms with van der Waals surface area (Å²) in [5, 5.41) is 18.9. The van der Waals surface area contributed by atoms with Gasteiger partial charge in [-0.15, -0.1) is 0 Å². The van der Waals surface area contributed by atoms with E-state index in [4.69, 9.17) is 9.47 Å². The van der Waals surface area contributed by atoms with Crippen molar-refractivity contribution in [2.45, 2.75) is 37.9 Å². The fourth-order valence-corrected chi connectivity index (χ4v) is 2.19. The normalized spacial score (nSPS) is 22.8. The van der Waals surface area contributed by atoms with E-state index in [2.05, 4.69) is 0 Å². The molecule has 0 heterocycles. The Bertz CT molecular complexity index is 449. The van der Waals surface area contributed by atoms with Gasteiger partial charge in [-0.05, 0) is 43.9 Å². The van der Waals surface area contributed by atoms with Gasteiger partial charge >= 0.3 is 5.97 Å². The molecule has 5 nitrogen and oxygen atoms in total. The van der Waals surface area contributed by atoms with Crippen LogP contribution in [-0.4, -0.2) is 35.5 Å². The summed E-state index contributed by atoms with van der Waals surface area (Å²) < 4.78 is 10.3. The molecule has 1 fully saturated rings. The lowest BCUT2D eigenvalue weighted by Gasteiger charge is -2.25. The van der Waals surface area contributed by atoms with Crippen LogP contribution in [0.15, 0.2) is 18.2 Å². The lowest BCUT2D eigenvalue weighted by Crippen LogP contribution is -2.26. The zero-order chi connectivity index (χ0) is 13.8. The molecule has 0 unspecified atom stereocenters. The minimum Gasteiger partial charge on any atom is -0.504 e. The van der Waals surface area contributed by atoms with Crippen LogP contribution in [0.4, 0.5) is 0 Å². The van der Waals surface area contributed by atoms with Gasteiger partial charge in [0.1, 0.15) is 6.10 Å². The lowest BCUT2D eigenvalue weighted by atomic mass is 9.95. The van der Waals surface area contributed by atoms with Gasteiger partial charge in [0.2, 0.25) is 0 Å². The largest absolute Gasteiger partial charge is 0.504 e. The molecule has 0 amide bonds. The van der Waals surface area contributed by atoms with E-state index in [-0.39, 0.29) is 23.7 Å². The van der Waals surface area contributed by atoms with E-state index in [1.54, 1.807) is 0 Å². The third kappa shape index (κ3) is 3.38. The Morgan fingerprint density at radius 1 is 1.26 bits per heavy atom. The van der Waals surface area contributed by atoms with Gasteiger partial charge in [-0.3, -0.25) is 0 Å². The molecule has 0 saturated heterocycles. The number of carbonyl (C=O) groups excluding carboxylic acids is 1. The Morgan fingerprint density at radius 2 is 1.95 bits per heavy atom. The SMILES string of the molecule is COc1cc(C(=O)OC2CCC(O)CC2)ccc1O. The van der Waals surface area contributed by atoms with E-state index in [0.717, 1.165) is 0 Å². The van der Waals surface area contributed by atoms with E-state index < -0.39 is 5.97 Å². The highest BCUT2D eigenvalue weighted by molar-refractivity contribution is 5.90. The molecule has 0 bridgehead atoms. The first-order valence-electron chi connectivity index (χ1n) is 6.36. The number of hydrogen-bond donors (Lipinski definition) is 2. The summed E-state index contributed by atoms with van der Waals surface area (Å²) in [7, 11) is 1.42. The van der Waals surface area contributed by atoms with Crippen molar-refractivity contribution in [3.05, 3.63) is 23.8 Å². The molecule has 2 N–H and O–H groups in total. The Labute approximate surface area is 111 Å². The number of carbonyl (C=O) groups is 1. The Hall–Kier alpha value is -1.75. The Balaban J connectivity index is 2.00. The number of phenols is 1. The van der Waals surface area contributed by atoms with E-state index in [9.17, 15) is 15.0 Å². The van der Waals surface area contributed by atoms with Crippen LogP contribution in [0.3, 0.4) is 0 Å². The number of rotatable bonds is 3. The summed E-state index contributed by atoms with van der Waals surface area (Å²) in [6, 6.07) is 4.35. The second kappa shape index (κ2) is 5.93. The number of phenolic OH excluding ortho intramolecular Hbond substituents is 1. The molecule has 1 aromatic carbocycles. The van der Waals surface area contributed by atoms with Crippen LogP contribution < -0.4 is 4.74 Å². The zero-order valence-electron chi connectivity index (χ0n) is 10.8. The molecule has 2 rings (SSSR count). The summed E-state index contributed by atoms with van der Waals surface area (Å²) in [5.41, 5.74) is 0.348. The number of aromatic hydroxyl groups is 1. The van der Waals surface area contributed by atoms with E-state index >= 15 is 0 Å². The van der Waals surface area contributed by atoms with Gasteiger partial charge in [-0.25, -0.2) is 4.79 Å². The molecule has 0 aromatic heterocycles. The molecular formula is C14H18O5. The second-order valence-electron chi connectivity index (χ2n) is 4.72. The maximum Gasteiger partial charge on any atom is 0.338 e. The van der Waals surface area contributed by atoms with E-state index in [0.29, 0.717) is 31.2 Å². The van der Waals surface area contributed by atoms with Crippen LogP contribution in [-0.2, 0) is 4.74 Å². The maximum atomic E-state index is 12.0. The summed E-state index contributed by atoms with van der Waals surface area (Å²) in [6.07, 6.45) is 2.28. The molecule has 0 radical (unpaired) electrons. The molecule has 1 aromatic rings. The number of hydrogen-bond acceptors (Lipinski definition) is 5. The van der Waals surface area contributed by atoms with Crippen LogP contribution in [0.2, 0.25) is 0 Å². The number of aliphatic hydroxyl groups is 1. The van der Waals surface area contributed by atoms with Crippen LogP contribution in [0.5, 0.6) is 11.5 Å². The van der Waals surface area contributed by atoms with E-state index in [1.807, 2.05) is 0 Å². The smallest absolute Gasteiger partial charge is 0.338 e. The second-order valence-corrected chi connectivity index (χ2v) is 4.72. The maximum absolute atomic E-state index is 12.0. The first-order chi connectivity index (χ1) is 9.10. The van der Waals surface area contributed by atoms with Crippen LogP contribution in [0.25, 0.3) is 0 Å².